The van der Waals surface area contributed by atoms with E-state index in [2.05, 4.69) is 13.5 Å². The van der Waals surface area contributed by atoms with Crippen molar-refractivity contribution in [1.82, 2.24) is 0 Å². The Morgan fingerprint density at radius 1 is 0.871 bits per heavy atom. The van der Waals surface area contributed by atoms with Gasteiger partial charge in [0.15, 0.2) is 6.10 Å². The van der Waals surface area contributed by atoms with Crippen LogP contribution in [0.15, 0.2) is 79.4 Å². The fraction of sp³-hybridized carbons (Fsp3) is 0.296. The van der Waals surface area contributed by atoms with Crippen molar-refractivity contribution < 1.29 is 19.0 Å². The molecular weight excluding hydrogens is 388 g/mol. The van der Waals surface area contributed by atoms with Crippen LogP contribution in [-0.4, -0.2) is 19.2 Å². The molecule has 0 spiro atoms. The normalized spacial score (nSPS) is 11.6. The van der Waals surface area contributed by atoms with Gasteiger partial charge in [-0.3, -0.25) is 0 Å². The predicted octanol–water partition coefficient (Wildman–Crippen LogP) is 6.65. The number of unbranched alkanes of at least 4 members (excludes halogenated alkanes) is 3. The van der Waals surface area contributed by atoms with Crippen LogP contribution in [0.1, 0.15) is 44.3 Å². The van der Waals surface area contributed by atoms with Crippen molar-refractivity contribution in [3.05, 3.63) is 84.9 Å². The second kappa shape index (κ2) is 11.8. The van der Waals surface area contributed by atoms with E-state index in [1.807, 2.05) is 66.7 Å². The number of esters is 1. The van der Waals surface area contributed by atoms with Crippen molar-refractivity contribution >= 4 is 16.7 Å². The van der Waals surface area contributed by atoms with E-state index >= 15 is 0 Å². The highest BCUT2D eigenvalue weighted by molar-refractivity contribution is 5.93. The molecule has 4 nitrogen and oxygen atoms in total. The van der Waals surface area contributed by atoms with E-state index in [1.165, 1.54) is 19.3 Å². The van der Waals surface area contributed by atoms with Crippen molar-refractivity contribution in [3.8, 4) is 11.5 Å². The van der Waals surface area contributed by atoms with Crippen molar-refractivity contribution in [2.45, 2.75) is 38.7 Å². The molecule has 0 radical (unpaired) electrons. The van der Waals surface area contributed by atoms with Crippen LogP contribution >= 0.6 is 0 Å². The van der Waals surface area contributed by atoms with Gasteiger partial charge in [0.2, 0.25) is 0 Å². The van der Waals surface area contributed by atoms with E-state index in [1.54, 1.807) is 0 Å². The van der Waals surface area contributed by atoms with Crippen molar-refractivity contribution in [3.63, 3.8) is 0 Å². The van der Waals surface area contributed by atoms with Gasteiger partial charge in [0.25, 0.3) is 0 Å². The maximum Gasteiger partial charge on any atom is 0.330 e. The molecule has 0 aromatic heterocycles. The van der Waals surface area contributed by atoms with Crippen molar-refractivity contribution in [2.24, 2.45) is 0 Å². The highest BCUT2D eigenvalue weighted by Crippen LogP contribution is 2.34. The number of hydrogen-bond donors (Lipinski definition) is 0. The van der Waals surface area contributed by atoms with Gasteiger partial charge in [0.1, 0.15) is 18.1 Å². The van der Waals surface area contributed by atoms with Gasteiger partial charge in [0.05, 0.1) is 6.61 Å². The highest BCUT2D eigenvalue weighted by Gasteiger charge is 2.17. The van der Waals surface area contributed by atoms with Crippen LogP contribution in [0.25, 0.3) is 10.8 Å². The first-order valence-corrected chi connectivity index (χ1v) is 10.9. The van der Waals surface area contributed by atoms with Crippen molar-refractivity contribution in [1.29, 1.82) is 0 Å². The van der Waals surface area contributed by atoms with Crippen LogP contribution in [0, 0.1) is 0 Å². The third kappa shape index (κ3) is 6.35. The van der Waals surface area contributed by atoms with Crippen LogP contribution in [-0.2, 0) is 9.53 Å². The number of fused-ring (bicyclic) bond motifs is 1. The van der Waals surface area contributed by atoms with Gasteiger partial charge in [-0.05, 0) is 24.1 Å². The minimum atomic E-state index is -0.528. The average Bonchev–Trinajstić information content (AvgIpc) is 2.82. The van der Waals surface area contributed by atoms with Crippen LogP contribution in [0.5, 0.6) is 11.5 Å². The lowest BCUT2D eigenvalue weighted by Crippen LogP contribution is -2.17. The zero-order valence-electron chi connectivity index (χ0n) is 18.1. The Kier molecular flexibility index (Phi) is 8.53. The number of rotatable bonds is 12. The molecule has 4 heteroatoms. The molecule has 0 fully saturated rings. The maximum absolute atomic E-state index is 11.8. The lowest BCUT2D eigenvalue weighted by atomic mass is 10.1. The van der Waals surface area contributed by atoms with E-state index in [9.17, 15) is 4.79 Å². The molecule has 31 heavy (non-hydrogen) atoms. The zero-order valence-corrected chi connectivity index (χ0v) is 18.1. The van der Waals surface area contributed by atoms with Gasteiger partial charge in [-0.25, -0.2) is 4.79 Å². The standard InChI is InChI=1S/C27H30O4/c1-3-5-6-12-19-29-24-17-18-25(23-16-11-10-15-22(23)24)30-20-26(31-27(28)4-2)21-13-8-7-9-14-21/h4,7-11,13-18,26H,2-3,5-6,12,19-20H2,1H3. The van der Waals surface area contributed by atoms with Gasteiger partial charge < -0.3 is 14.2 Å². The minimum Gasteiger partial charge on any atom is -0.493 e. The van der Waals surface area contributed by atoms with E-state index in [-0.39, 0.29) is 6.61 Å². The molecule has 162 valence electrons. The van der Waals surface area contributed by atoms with E-state index in [0.29, 0.717) is 6.61 Å². The first-order chi connectivity index (χ1) is 15.2. The highest BCUT2D eigenvalue weighted by atomic mass is 16.6. The molecule has 1 unspecified atom stereocenters. The molecule has 0 saturated carbocycles. The van der Waals surface area contributed by atoms with Crippen LogP contribution < -0.4 is 9.47 Å². The average molecular weight is 419 g/mol. The Balaban J connectivity index is 1.75. The molecule has 0 amide bonds. The lowest BCUT2D eigenvalue weighted by Gasteiger charge is -2.19. The molecule has 0 aliphatic rings. The zero-order chi connectivity index (χ0) is 21.9. The molecule has 0 aliphatic carbocycles. The molecule has 0 saturated heterocycles. The minimum absolute atomic E-state index is 0.199. The maximum atomic E-state index is 11.8. The molecule has 0 bridgehead atoms. The van der Waals surface area contributed by atoms with Gasteiger partial charge in [-0.1, -0.05) is 87.4 Å². The van der Waals surface area contributed by atoms with E-state index < -0.39 is 12.1 Å². The van der Waals surface area contributed by atoms with Crippen LogP contribution in [0.4, 0.5) is 0 Å². The van der Waals surface area contributed by atoms with Gasteiger partial charge in [0, 0.05) is 16.8 Å². The van der Waals surface area contributed by atoms with E-state index in [0.717, 1.165) is 40.3 Å². The summed E-state index contributed by atoms with van der Waals surface area (Å²) in [6.07, 6.45) is 5.31. The van der Waals surface area contributed by atoms with Crippen LogP contribution in [0.2, 0.25) is 0 Å². The summed E-state index contributed by atoms with van der Waals surface area (Å²) < 4.78 is 17.7. The van der Waals surface area contributed by atoms with Gasteiger partial charge in [-0.2, -0.15) is 0 Å². The fourth-order valence-electron chi connectivity index (χ4n) is 3.43. The molecule has 0 N–H and O–H groups in total. The Morgan fingerprint density at radius 2 is 1.52 bits per heavy atom. The van der Waals surface area contributed by atoms with Gasteiger partial charge >= 0.3 is 5.97 Å². The summed E-state index contributed by atoms with van der Waals surface area (Å²) in [5, 5.41) is 1.98. The Morgan fingerprint density at radius 3 is 2.16 bits per heavy atom. The molecule has 3 rings (SSSR count). The Labute approximate surface area is 184 Å². The lowest BCUT2D eigenvalue weighted by molar-refractivity contribution is -0.144. The third-order valence-electron chi connectivity index (χ3n) is 5.09. The summed E-state index contributed by atoms with van der Waals surface area (Å²) in [6, 6.07) is 21.5. The number of ether oxygens (including phenoxy) is 3. The van der Waals surface area contributed by atoms with Gasteiger partial charge in [-0.15, -0.1) is 0 Å². The first kappa shape index (κ1) is 22.4. The van der Waals surface area contributed by atoms with Crippen molar-refractivity contribution in [2.75, 3.05) is 13.2 Å². The molecule has 1 atom stereocenters. The molecule has 3 aromatic rings. The summed E-state index contributed by atoms with van der Waals surface area (Å²) in [6.45, 7) is 6.60. The monoisotopic (exact) mass is 418 g/mol. The number of carbonyl (C=O) groups is 1. The summed E-state index contributed by atoms with van der Waals surface area (Å²) in [5.41, 5.74) is 0.869. The molecule has 0 heterocycles. The van der Waals surface area contributed by atoms with E-state index in [4.69, 9.17) is 14.2 Å². The summed E-state index contributed by atoms with van der Waals surface area (Å²) >= 11 is 0. The second-order valence-electron chi connectivity index (χ2n) is 7.37. The number of benzene rings is 3. The quantitative estimate of drug-likeness (QED) is 0.188. The number of carbonyl (C=O) groups excluding carboxylic acids is 1. The first-order valence-electron chi connectivity index (χ1n) is 10.9. The Hall–Kier alpha value is -3.27. The second-order valence-corrected chi connectivity index (χ2v) is 7.37. The smallest absolute Gasteiger partial charge is 0.330 e. The molecule has 0 aliphatic heterocycles. The topological polar surface area (TPSA) is 44.8 Å². The third-order valence-corrected chi connectivity index (χ3v) is 5.09. The number of hydrogen-bond acceptors (Lipinski definition) is 4. The summed E-state index contributed by atoms with van der Waals surface area (Å²) in [7, 11) is 0. The summed E-state index contributed by atoms with van der Waals surface area (Å²) in [4.78, 5) is 11.8. The SMILES string of the molecule is C=CC(=O)OC(COc1ccc(OCCCCCC)c2ccccc12)c1ccccc1. The molecular formula is C27H30O4. The fourth-order valence-corrected chi connectivity index (χ4v) is 3.43. The molecule has 3 aromatic carbocycles. The largest absolute Gasteiger partial charge is 0.493 e. The Bertz CT molecular complexity index is 981. The predicted molar refractivity (Wildman–Crippen MR) is 125 cm³/mol. The van der Waals surface area contributed by atoms with Crippen LogP contribution in [0.3, 0.4) is 0 Å². The summed E-state index contributed by atoms with van der Waals surface area (Å²) in [5.74, 6) is 1.11.